The number of carbonyl (C=O) groups is 2. The monoisotopic (exact) mass is 279 g/mol. The zero-order chi connectivity index (χ0) is 14.7. The number of phenolic OH excluding ortho intramolecular Hbond substituents is 1. The number of phenols is 1. The van der Waals surface area contributed by atoms with E-state index >= 15 is 0 Å². The lowest BCUT2D eigenvalue weighted by molar-refractivity contribution is -0.385. The molecule has 3 N–H and O–H groups in total. The molecule has 0 aromatic heterocycles. The molecule has 0 radical (unpaired) electrons. The van der Waals surface area contributed by atoms with Gasteiger partial charge in [-0.3, -0.25) is 19.7 Å². The number of amides is 2. The summed E-state index contributed by atoms with van der Waals surface area (Å²) >= 11 is 0. The van der Waals surface area contributed by atoms with Crippen LogP contribution in [-0.2, 0) is 4.79 Å². The van der Waals surface area contributed by atoms with E-state index < -0.39 is 10.8 Å². The minimum absolute atomic E-state index is 0.0763. The van der Waals surface area contributed by atoms with Gasteiger partial charge in [-0.25, -0.2) is 0 Å². The topological polar surface area (TPSA) is 122 Å². The summed E-state index contributed by atoms with van der Waals surface area (Å²) in [6.45, 7) is 0.192. The Hall–Kier alpha value is -2.64. The zero-order valence-corrected chi connectivity index (χ0v) is 10.5. The minimum Gasteiger partial charge on any atom is -0.508 e. The summed E-state index contributed by atoms with van der Waals surface area (Å²) in [6, 6.07) is 3.09. The van der Waals surface area contributed by atoms with E-state index in [4.69, 9.17) is 0 Å². The number of nitro benzene ring substituents is 1. The molecule has 1 saturated heterocycles. The van der Waals surface area contributed by atoms with E-state index in [0.717, 1.165) is 18.2 Å². The van der Waals surface area contributed by atoms with E-state index in [1.54, 1.807) is 0 Å². The molecule has 2 rings (SSSR count). The van der Waals surface area contributed by atoms with Crippen molar-refractivity contribution in [1.29, 1.82) is 0 Å². The summed E-state index contributed by atoms with van der Waals surface area (Å²) in [5.41, 5.74) is -0.588. The summed E-state index contributed by atoms with van der Waals surface area (Å²) in [6.07, 6.45) is 1.02. The highest BCUT2D eigenvalue weighted by molar-refractivity contribution is 5.98. The molecule has 1 aromatic carbocycles. The third-order valence-corrected chi connectivity index (χ3v) is 3.02. The second kappa shape index (κ2) is 5.55. The van der Waals surface area contributed by atoms with Crippen molar-refractivity contribution in [3.05, 3.63) is 33.9 Å². The van der Waals surface area contributed by atoms with Gasteiger partial charge in [-0.1, -0.05) is 0 Å². The van der Waals surface area contributed by atoms with Crippen LogP contribution in [0, 0.1) is 10.1 Å². The number of carbonyl (C=O) groups excluding carboxylic acids is 2. The van der Waals surface area contributed by atoms with Crippen molar-refractivity contribution in [1.82, 2.24) is 10.6 Å². The van der Waals surface area contributed by atoms with Crippen molar-refractivity contribution < 1.29 is 19.6 Å². The van der Waals surface area contributed by atoms with E-state index in [9.17, 15) is 24.8 Å². The SMILES string of the molecule is O=C1CCC(CNC(=O)c2cc(O)ccc2[N+](=O)[O-])N1. The van der Waals surface area contributed by atoms with E-state index in [0.29, 0.717) is 12.8 Å². The summed E-state index contributed by atoms with van der Waals surface area (Å²) in [4.78, 5) is 33.1. The molecule has 0 saturated carbocycles. The van der Waals surface area contributed by atoms with Crippen LogP contribution in [-0.4, -0.2) is 34.4 Å². The van der Waals surface area contributed by atoms with Crippen molar-refractivity contribution in [3.8, 4) is 5.75 Å². The van der Waals surface area contributed by atoms with E-state index in [1.807, 2.05) is 0 Å². The number of rotatable bonds is 4. The molecular formula is C12H13N3O5. The van der Waals surface area contributed by atoms with Crippen LogP contribution in [0.3, 0.4) is 0 Å². The maximum Gasteiger partial charge on any atom is 0.282 e. The Balaban J connectivity index is 2.07. The van der Waals surface area contributed by atoms with Gasteiger partial charge in [0.15, 0.2) is 0 Å². The number of hydrogen-bond acceptors (Lipinski definition) is 5. The van der Waals surface area contributed by atoms with Crippen molar-refractivity contribution in [2.75, 3.05) is 6.54 Å². The molecule has 1 aliphatic rings. The van der Waals surface area contributed by atoms with Gasteiger partial charge in [-0.05, 0) is 18.6 Å². The molecule has 0 aliphatic carbocycles. The first-order valence-corrected chi connectivity index (χ1v) is 6.02. The number of hydrogen-bond donors (Lipinski definition) is 3. The highest BCUT2D eigenvalue weighted by Gasteiger charge is 2.24. The number of nitro groups is 1. The normalized spacial score (nSPS) is 17.6. The predicted octanol–water partition coefficient (Wildman–Crippen LogP) is 0.309. The highest BCUT2D eigenvalue weighted by atomic mass is 16.6. The highest BCUT2D eigenvalue weighted by Crippen LogP contribution is 2.23. The van der Waals surface area contributed by atoms with Crippen molar-refractivity contribution in [2.24, 2.45) is 0 Å². The Labute approximate surface area is 113 Å². The lowest BCUT2D eigenvalue weighted by Crippen LogP contribution is -2.38. The zero-order valence-electron chi connectivity index (χ0n) is 10.5. The van der Waals surface area contributed by atoms with Crippen LogP contribution in [0.2, 0.25) is 0 Å². The number of benzene rings is 1. The molecular weight excluding hydrogens is 266 g/mol. The van der Waals surface area contributed by atoms with Crippen LogP contribution in [0.5, 0.6) is 5.75 Å². The predicted molar refractivity (Wildman–Crippen MR) is 68.3 cm³/mol. The number of aromatic hydroxyl groups is 1. The molecule has 1 aromatic rings. The van der Waals surface area contributed by atoms with Crippen LogP contribution in [0.25, 0.3) is 0 Å². The molecule has 20 heavy (non-hydrogen) atoms. The van der Waals surface area contributed by atoms with Gasteiger partial charge in [0, 0.05) is 25.1 Å². The van der Waals surface area contributed by atoms with E-state index in [-0.39, 0.29) is 35.5 Å². The Morgan fingerprint density at radius 2 is 2.30 bits per heavy atom. The molecule has 8 heteroatoms. The van der Waals surface area contributed by atoms with Gasteiger partial charge in [0.2, 0.25) is 5.91 Å². The Bertz CT molecular complexity index is 572. The quantitative estimate of drug-likeness (QED) is 0.541. The molecule has 106 valence electrons. The van der Waals surface area contributed by atoms with Gasteiger partial charge in [0.1, 0.15) is 11.3 Å². The van der Waals surface area contributed by atoms with Crippen LogP contribution in [0.15, 0.2) is 18.2 Å². The molecule has 0 bridgehead atoms. The summed E-state index contributed by atoms with van der Waals surface area (Å²) < 4.78 is 0. The van der Waals surface area contributed by atoms with Gasteiger partial charge in [0.05, 0.1) is 4.92 Å². The third-order valence-electron chi connectivity index (χ3n) is 3.02. The lowest BCUT2D eigenvalue weighted by Gasteiger charge is -2.11. The van der Waals surface area contributed by atoms with Gasteiger partial charge in [-0.2, -0.15) is 0 Å². The van der Waals surface area contributed by atoms with Gasteiger partial charge in [-0.15, -0.1) is 0 Å². The Morgan fingerprint density at radius 1 is 1.55 bits per heavy atom. The fraction of sp³-hybridized carbons (Fsp3) is 0.333. The first-order chi connectivity index (χ1) is 9.47. The maximum atomic E-state index is 11.9. The molecule has 1 atom stereocenters. The van der Waals surface area contributed by atoms with E-state index in [2.05, 4.69) is 10.6 Å². The van der Waals surface area contributed by atoms with Crippen LogP contribution in [0.1, 0.15) is 23.2 Å². The van der Waals surface area contributed by atoms with E-state index in [1.165, 1.54) is 0 Å². The van der Waals surface area contributed by atoms with Crippen molar-refractivity contribution >= 4 is 17.5 Å². The number of nitrogens with zero attached hydrogens (tertiary/aromatic N) is 1. The first-order valence-electron chi connectivity index (χ1n) is 6.02. The largest absolute Gasteiger partial charge is 0.508 e. The lowest BCUT2D eigenvalue weighted by atomic mass is 10.1. The smallest absolute Gasteiger partial charge is 0.282 e. The number of nitrogens with one attached hydrogen (secondary N) is 2. The fourth-order valence-electron chi connectivity index (χ4n) is 2.01. The summed E-state index contributed by atoms with van der Waals surface area (Å²) in [7, 11) is 0. The van der Waals surface area contributed by atoms with Gasteiger partial charge in [0.25, 0.3) is 11.6 Å². The average molecular weight is 279 g/mol. The molecule has 2 amide bonds. The second-order valence-electron chi connectivity index (χ2n) is 4.47. The van der Waals surface area contributed by atoms with Crippen molar-refractivity contribution in [3.63, 3.8) is 0 Å². The Kier molecular flexibility index (Phi) is 3.83. The van der Waals surface area contributed by atoms with Crippen molar-refractivity contribution in [2.45, 2.75) is 18.9 Å². The molecule has 1 fully saturated rings. The summed E-state index contributed by atoms with van der Waals surface area (Å²) in [5, 5.41) is 25.3. The molecule has 1 unspecified atom stereocenters. The maximum absolute atomic E-state index is 11.9. The molecule has 1 aliphatic heterocycles. The molecule has 8 nitrogen and oxygen atoms in total. The minimum atomic E-state index is -0.689. The van der Waals surface area contributed by atoms with Gasteiger partial charge >= 0.3 is 0 Å². The molecule has 1 heterocycles. The second-order valence-corrected chi connectivity index (χ2v) is 4.47. The van der Waals surface area contributed by atoms with Crippen LogP contribution < -0.4 is 10.6 Å². The van der Waals surface area contributed by atoms with Gasteiger partial charge < -0.3 is 15.7 Å². The van der Waals surface area contributed by atoms with Crippen LogP contribution in [0.4, 0.5) is 5.69 Å². The fourth-order valence-corrected chi connectivity index (χ4v) is 2.01. The summed E-state index contributed by atoms with van der Waals surface area (Å²) in [5.74, 6) is -0.962. The average Bonchev–Trinajstić information content (AvgIpc) is 2.81. The molecule has 0 spiro atoms. The Morgan fingerprint density at radius 3 is 2.90 bits per heavy atom. The third kappa shape index (κ3) is 3.02. The first kappa shape index (κ1) is 13.8. The standard InChI is InChI=1S/C12H13N3O5/c16-8-2-3-10(15(19)20)9(5-8)12(18)13-6-7-1-4-11(17)14-7/h2-3,5,7,16H,1,4,6H2,(H,13,18)(H,14,17). The van der Waals surface area contributed by atoms with Crippen LogP contribution >= 0.6 is 0 Å².